The van der Waals surface area contributed by atoms with Gasteiger partial charge >= 0.3 is 0 Å². The lowest BCUT2D eigenvalue weighted by Gasteiger charge is -2.30. The Bertz CT molecular complexity index is 872. The van der Waals surface area contributed by atoms with Crippen molar-refractivity contribution in [3.63, 3.8) is 0 Å². The van der Waals surface area contributed by atoms with Crippen molar-refractivity contribution in [3.8, 4) is 0 Å². The maximum atomic E-state index is 13.1. The number of nitrogens with one attached hydrogen (secondary N) is 1. The average molecular weight is 423 g/mol. The molecule has 2 amide bonds. The Hall–Kier alpha value is -2.27. The van der Waals surface area contributed by atoms with E-state index in [-0.39, 0.29) is 17.2 Å². The smallest absolute Gasteiger partial charge is 0.252 e. The topological polar surface area (TPSA) is 49.4 Å². The van der Waals surface area contributed by atoms with Gasteiger partial charge in [0.2, 0.25) is 5.91 Å². The van der Waals surface area contributed by atoms with Crippen molar-refractivity contribution in [1.82, 2.24) is 10.2 Å². The van der Waals surface area contributed by atoms with E-state index in [1.807, 2.05) is 35.2 Å². The van der Waals surface area contributed by atoms with E-state index in [9.17, 15) is 9.59 Å². The molecule has 30 heavy (non-hydrogen) atoms. The second-order valence-electron chi connectivity index (χ2n) is 8.41. The van der Waals surface area contributed by atoms with Gasteiger partial charge in [-0.05, 0) is 43.4 Å². The Morgan fingerprint density at radius 2 is 1.57 bits per heavy atom. The summed E-state index contributed by atoms with van der Waals surface area (Å²) in [5.41, 5.74) is 2.02. The lowest BCUT2D eigenvalue weighted by atomic mass is 9.79. The monoisotopic (exact) mass is 422 g/mol. The van der Waals surface area contributed by atoms with Gasteiger partial charge in [0.1, 0.15) is 0 Å². The van der Waals surface area contributed by atoms with E-state index in [2.05, 4.69) is 29.6 Å². The number of thioether (sulfide) groups is 1. The highest BCUT2D eigenvalue weighted by Gasteiger charge is 2.36. The van der Waals surface area contributed by atoms with Crippen molar-refractivity contribution in [1.29, 1.82) is 0 Å². The number of carbonyl (C=O) groups excluding carboxylic acids is 2. The molecule has 1 aliphatic heterocycles. The third-order valence-electron chi connectivity index (χ3n) is 6.48. The summed E-state index contributed by atoms with van der Waals surface area (Å²) in [5.74, 6) is 0.508. The Morgan fingerprint density at radius 3 is 2.30 bits per heavy atom. The van der Waals surface area contributed by atoms with Crippen LogP contribution in [0.5, 0.6) is 0 Å². The van der Waals surface area contributed by atoms with Gasteiger partial charge in [0.25, 0.3) is 5.91 Å². The molecular formula is C25H30N2O2S. The van der Waals surface area contributed by atoms with Gasteiger partial charge in [0.15, 0.2) is 0 Å². The second kappa shape index (κ2) is 9.69. The van der Waals surface area contributed by atoms with E-state index < -0.39 is 0 Å². The average Bonchev–Trinajstić information content (AvgIpc) is 3.50. The molecule has 2 aromatic carbocycles. The summed E-state index contributed by atoms with van der Waals surface area (Å²) in [6.07, 6.45) is 6.82. The van der Waals surface area contributed by atoms with Crippen LogP contribution in [0.2, 0.25) is 0 Å². The molecule has 2 fully saturated rings. The molecule has 0 bridgehead atoms. The number of hydrogen-bond acceptors (Lipinski definition) is 3. The summed E-state index contributed by atoms with van der Waals surface area (Å²) < 4.78 is 0. The second-order valence-corrected chi connectivity index (χ2v) is 9.43. The third-order valence-corrected chi connectivity index (χ3v) is 7.53. The van der Waals surface area contributed by atoms with E-state index in [1.165, 1.54) is 30.2 Å². The summed E-state index contributed by atoms with van der Waals surface area (Å²) in [4.78, 5) is 28.3. The number of hydrogen-bond donors (Lipinski definition) is 1. The van der Waals surface area contributed by atoms with Crippen molar-refractivity contribution >= 4 is 23.6 Å². The fourth-order valence-electron chi connectivity index (χ4n) is 4.73. The highest BCUT2D eigenvalue weighted by atomic mass is 32.2. The Balaban J connectivity index is 1.41. The third kappa shape index (κ3) is 4.72. The summed E-state index contributed by atoms with van der Waals surface area (Å²) in [6.45, 7) is 2.38. The number of amides is 2. The minimum absolute atomic E-state index is 0.0325. The molecule has 1 saturated carbocycles. The molecule has 158 valence electrons. The standard InChI is InChI=1S/C25H30N2O2S/c28-23(27-16-8-9-17-27)18-30-22-13-5-4-12-21(22)24(29)26-19-25(14-6-7-15-25)20-10-2-1-3-11-20/h1-5,10-13H,6-9,14-19H2,(H,26,29). The van der Waals surface area contributed by atoms with Crippen LogP contribution in [-0.2, 0) is 10.2 Å². The molecule has 1 heterocycles. The zero-order valence-corrected chi connectivity index (χ0v) is 18.3. The van der Waals surface area contributed by atoms with Crippen LogP contribution in [0.25, 0.3) is 0 Å². The van der Waals surface area contributed by atoms with Gasteiger partial charge in [-0.3, -0.25) is 9.59 Å². The van der Waals surface area contributed by atoms with Crippen molar-refractivity contribution in [3.05, 3.63) is 65.7 Å². The summed E-state index contributed by atoms with van der Waals surface area (Å²) in [5, 5.41) is 3.22. The highest BCUT2D eigenvalue weighted by Crippen LogP contribution is 2.40. The highest BCUT2D eigenvalue weighted by molar-refractivity contribution is 8.00. The molecule has 4 rings (SSSR count). The molecule has 0 unspecified atom stereocenters. The largest absolute Gasteiger partial charge is 0.351 e. The van der Waals surface area contributed by atoms with Crippen molar-refractivity contribution < 1.29 is 9.59 Å². The zero-order chi connectivity index (χ0) is 20.8. The van der Waals surface area contributed by atoms with E-state index in [4.69, 9.17) is 0 Å². The molecule has 4 nitrogen and oxygen atoms in total. The molecule has 0 aromatic heterocycles. The minimum atomic E-state index is -0.0473. The first kappa shape index (κ1) is 21.0. The molecule has 1 saturated heterocycles. The van der Waals surface area contributed by atoms with Crippen LogP contribution < -0.4 is 5.32 Å². The fraction of sp³-hybridized carbons (Fsp3) is 0.440. The molecule has 2 aromatic rings. The molecule has 1 aliphatic carbocycles. The first-order valence-corrected chi connectivity index (χ1v) is 12.0. The van der Waals surface area contributed by atoms with Gasteiger partial charge in [0, 0.05) is 29.9 Å². The normalized spacial score (nSPS) is 17.8. The van der Waals surface area contributed by atoms with Crippen LogP contribution in [-0.4, -0.2) is 42.1 Å². The SMILES string of the molecule is O=C(NCC1(c2ccccc2)CCCC1)c1ccccc1SCC(=O)N1CCCC1. The predicted molar refractivity (Wildman–Crippen MR) is 122 cm³/mol. The number of carbonyl (C=O) groups is 2. The fourth-order valence-corrected chi connectivity index (χ4v) is 5.69. The van der Waals surface area contributed by atoms with Crippen LogP contribution >= 0.6 is 11.8 Å². The molecule has 0 atom stereocenters. The van der Waals surface area contributed by atoms with E-state index in [0.717, 1.165) is 43.7 Å². The molecule has 0 radical (unpaired) electrons. The van der Waals surface area contributed by atoms with Crippen LogP contribution in [0.1, 0.15) is 54.4 Å². The molecule has 2 aliphatic rings. The minimum Gasteiger partial charge on any atom is -0.351 e. The van der Waals surface area contributed by atoms with Crippen molar-refractivity contribution in [2.24, 2.45) is 0 Å². The van der Waals surface area contributed by atoms with Gasteiger partial charge in [0.05, 0.1) is 11.3 Å². The number of rotatable bonds is 7. The number of benzene rings is 2. The van der Waals surface area contributed by atoms with Gasteiger partial charge < -0.3 is 10.2 Å². The maximum Gasteiger partial charge on any atom is 0.252 e. The Morgan fingerprint density at radius 1 is 0.900 bits per heavy atom. The summed E-state index contributed by atoms with van der Waals surface area (Å²) in [6, 6.07) is 18.2. The van der Waals surface area contributed by atoms with Gasteiger partial charge in [-0.2, -0.15) is 0 Å². The van der Waals surface area contributed by atoms with E-state index >= 15 is 0 Å². The quantitative estimate of drug-likeness (QED) is 0.661. The molecule has 5 heteroatoms. The van der Waals surface area contributed by atoms with Gasteiger partial charge in [-0.25, -0.2) is 0 Å². The van der Waals surface area contributed by atoms with Gasteiger partial charge in [-0.1, -0.05) is 55.3 Å². The lowest BCUT2D eigenvalue weighted by molar-refractivity contribution is -0.127. The van der Waals surface area contributed by atoms with Crippen LogP contribution in [0, 0.1) is 0 Å². The maximum absolute atomic E-state index is 13.1. The Kier molecular flexibility index (Phi) is 6.78. The first-order chi connectivity index (χ1) is 14.7. The Labute approximate surface area is 183 Å². The van der Waals surface area contributed by atoms with Crippen LogP contribution in [0.4, 0.5) is 0 Å². The number of nitrogens with zero attached hydrogens (tertiary/aromatic N) is 1. The van der Waals surface area contributed by atoms with E-state index in [0.29, 0.717) is 17.9 Å². The molecular weight excluding hydrogens is 392 g/mol. The van der Waals surface area contributed by atoms with Crippen LogP contribution in [0.3, 0.4) is 0 Å². The first-order valence-electron chi connectivity index (χ1n) is 11.0. The molecule has 1 N–H and O–H groups in total. The molecule has 0 spiro atoms. The zero-order valence-electron chi connectivity index (χ0n) is 17.4. The predicted octanol–water partition coefficient (Wildman–Crippen LogP) is 4.64. The van der Waals surface area contributed by atoms with E-state index in [1.54, 1.807) is 0 Å². The lowest BCUT2D eigenvalue weighted by Crippen LogP contribution is -2.39. The van der Waals surface area contributed by atoms with Crippen LogP contribution in [0.15, 0.2) is 59.5 Å². The van der Waals surface area contributed by atoms with Gasteiger partial charge in [-0.15, -0.1) is 11.8 Å². The number of likely N-dealkylation sites (tertiary alicyclic amines) is 1. The summed E-state index contributed by atoms with van der Waals surface area (Å²) in [7, 11) is 0. The summed E-state index contributed by atoms with van der Waals surface area (Å²) >= 11 is 1.47. The van der Waals surface area contributed by atoms with Crippen molar-refractivity contribution in [2.75, 3.05) is 25.4 Å². The van der Waals surface area contributed by atoms with Crippen molar-refractivity contribution in [2.45, 2.75) is 48.8 Å².